The lowest BCUT2D eigenvalue weighted by atomic mass is 9.40. The molecule has 0 aromatic heterocycles. The van der Waals surface area contributed by atoms with Gasteiger partial charge in [-0.25, -0.2) is 0 Å². The first-order valence-corrected chi connectivity index (χ1v) is 5.37. The van der Waals surface area contributed by atoms with E-state index in [-0.39, 0.29) is 0 Å². The number of hydrogen-bond acceptors (Lipinski definition) is 0. The van der Waals surface area contributed by atoms with Crippen LogP contribution in [0, 0.1) is 34.5 Å². The lowest BCUT2D eigenvalue weighted by molar-refractivity contribution is -0.162. The summed E-state index contributed by atoms with van der Waals surface area (Å²) < 4.78 is 0. The Kier molecular flexibility index (Phi) is 0.428. The monoisotopic (exact) mass is 146 g/mol. The molecule has 6 atom stereocenters. The first-order valence-electron chi connectivity index (χ1n) is 5.37. The highest BCUT2D eigenvalue weighted by Gasteiger charge is 2.89. The predicted molar refractivity (Wildman–Crippen MR) is 41.9 cm³/mol. The summed E-state index contributed by atoms with van der Waals surface area (Å²) in [6.45, 7) is 0. The van der Waals surface area contributed by atoms with E-state index < -0.39 is 0 Å². The molecule has 6 rings (SSSR count). The van der Waals surface area contributed by atoms with Gasteiger partial charge in [-0.3, -0.25) is 0 Å². The summed E-state index contributed by atoms with van der Waals surface area (Å²) >= 11 is 0. The van der Waals surface area contributed by atoms with Gasteiger partial charge < -0.3 is 0 Å². The van der Waals surface area contributed by atoms with Gasteiger partial charge in [0.1, 0.15) is 0 Å². The molecule has 6 saturated carbocycles. The fourth-order valence-corrected chi connectivity index (χ4v) is 6.22. The molecule has 0 heterocycles. The minimum absolute atomic E-state index is 1.01. The zero-order valence-electron chi connectivity index (χ0n) is 6.84. The van der Waals surface area contributed by atoms with E-state index in [0.717, 1.165) is 10.8 Å². The largest absolute Gasteiger partial charge is 0.0467 e. The smallest absolute Gasteiger partial charge is 0.0176 e. The fourth-order valence-electron chi connectivity index (χ4n) is 6.22. The highest BCUT2D eigenvalue weighted by Crippen LogP contribution is 2.96. The van der Waals surface area contributed by atoms with Crippen LogP contribution in [0.5, 0.6) is 0 Å². The quantitative estimate of drug-likeness (QED) is 0.492. The Morgan fingerprint density at radius 3 is 2.73 bits per heavy atom. The molecule has 58 valence electrons. The first kappa shape index (κ1) is 4.89. The molecule has 11 heavy (non-hydrogen) atoms. The van der Waals surface area contributed by atoms with Gasteiger partial charge in [-0.15, -0.1) is 0 Å². The Hall–Kier alpha value is 0. The summed E-state index contributed by atoms with van der Waals surface area (Å²) in [7, 11) is 0. The molecule has 0 nitrogen and oxygen atoms in total. The van der Waals surface area contributed by atoms with Crippen molar-refractivity contribution >= 4 is 0 Å². The molecular weight excluding hydrogens is 132 g/mol. The zero-order valence-corrected chi connectivity index (χ0v) is 6.84. The molecule has 6 unspecified atom stereocenters. The van der Waals surface area contributed by atoms with Gasteiger partial charge in [0.05, 0.1) is 0 Å². The molecule has 6 aliphatic rings. The molecule has 0 heteroatoms. The minimum Gasteiger partial charge on any atom is -0.0467 e. The van der Waals surface area contributed by atoms with Crippen LogP contribution < -0.4 is 0 Å². The molecule has 2 spiro atoms. The van der Waals surface area contributed by atoms with Gasteiger partial charge >= 0.3 is 0 Å². The molecule has 0 N–H and O–H groups in total. The highest BCUT2D eigenvalue weighted by atomic mass is 14.9. The molecule has 2 bridgehead atoms. The van der Waals surface area contributed by atoms with E-state index in [2.05, 4.69) is 0 Å². The van der Waals surface area contributed by atoms with Gasteiger partial charge in [0.2, 0.25) is 0 Å². The van der Waals surface area contributed by atoms with E-state index in [0.29, 0.717) is 0 Å². The molecule has 6 fully saturated rings. The molecule has 6 aliphatic carbocycles. The van der Waals surface area contributed by atoms with E-state index in [1.165, 1.54) is 23.7 Å². The normalized spacial score (nSPS) is 85.1. The number of rotatable bonds is 0. The summed E-state index contributed by atoms with van der Waals surface area (Å²) in [4.78, 5) is 0. The van der Waals surface area contributed by atoms with Gasteiger partial charge in [-0.2, -0.15) is 0 Å². The van der Waals surface area contributed by atoms with Crippen molar-refractivity contribution in [3.8, 4) is 0 Å². The van der Waals surface area contributed by atoms with Gasteiger partial charge in [-0.1, -0.05) is 0 Å². The SMILES string of the molecule is C1C2CC34C1CC1CC13CC24. The summed E-state index contributed by atoms with van der Waals surface area (Å²) in [5.41, 5.74) is 2.03. The summed E-state index contributed by atoms with van der Waals surface area (Å²) in [5.74, 6) is 4.97. The summed E-state index contributed by atoms with van der Waals surface area (Å²) in [6.07, 6.45) is 8.33. The number of hydrogen-bond donors (Lipinski definition) is 0. The third kappa shape index (κ3) is 0.237. The van der Waals surface area contributed by atoms with Crippen molar-refractivity contribution in [3.05, 3.63) is 0 Å². The molecule has 0 saturated heterocycles. The van der Waals surface area contributed by atoms with Crippen molar-refractivity contribution in [1.29, 1.82) is 0 Å². The van der Waals surface area contributed by atoms with E-state index in [4.69, 9.17) is 0 Å². The van der Waals surface area contributed by atoms with Crippen LogP contribution in [0.2, 0.25) is 0 Å². The Labute approximate surface area is 67.4 Å². The van der Waals surface area contributed by atoms with E-state index in [9.17, 15) is 0 Å². The highest BCUT2D eigenvalue weighted by molar-refractivity contribution is 5.37. The Bertz CT molecular complexity index is 282. The van der Waals surface area contributed by atoms with Gasteiger partial charge in [0.15, 0.2) is 0 Å². The third-order valence-electron chi connectivity index (χ3n) is 6.46. The van der Waals surface area contributed by atoms with Crippen molar-refractivity contribution in [3.63, 3.8) is 0 Å². The van der Waals surface area contributed by atoms with Crippen LogP contribution in [-0.4, -0.2) is 0 Å². The Morgan fingerprint density at radius 1 is 0.909 bits per heavy atom. The van der Waals surface area contributed by atoms with Crippen LogP contribution in [0.25, 0.3) is 0 Å². The average molecular weight is 146 g/mol. The summed E-state index contributed by atoms with van der Waals surface area (Å²) in [5, 5.41) is 0. The van der Waals surface area contributed by atoms with Crippen molar-refractivity contribution in [2.45, 2.75) is 32.1 Å². The average Bonchev–Trinajstić information content (AvgIpc) is 2.41. The third-order valence-corrected chi connectivity index (χ3v) is 6.46. The molecule has 0 amide bonds. The molecule has 0 aliphatic heterocycles. The predicted octanol–water partition coefficient (Wildman–Crippen LogP) is 2.44. The van der Waals surface area contributed by atoms with Crippen molar-refractivity contribution in [2.75, 3.05) is 0 Å². The Balaban J connectivity index is 1.85. The first-order chi connectivity index (χ1) is 5.37. The van der Waals surface area contributed by atoms with Crippen LogP contribution in [0.4, 0.5) is 0 Å². The van der Waals surface area contributed by atoms with Crippen LogP contribution in [0.15, 0.2) is 0 Å². The van der Waals surface area contributed by atoms with Gasteiger partial charge in [0, 0.05) is 0 Å². The Morgan fingerprint density at radius 2 is 1.91 bits per heavy atom. The summed E-state index contributed by atoms with van der Waals surface area (Å²) in [6, 6.07) is 0. The van der Waals surface area contributed by atoms with Crippen LogP contribution in [0.3, 0.4) is 0 Å². The topological polar surface area (TPSA) is 0 Å². The maximum absolute atomic E-state index is 1.68. The van der Waals surface area contributed by atoms with Crippen LogP contribution in [0.1, 0.15) is 32.1 Å². The standard InChI is InChI=1S/C11H14/c1-6-3-11-7(1)2-8-4-10(8,11)5-9(6)11/h6-9H,1-5H2. The van der Waals surface area contributed by atoms with Gasteiger partial charge in [0.25, 0.3) is 0 Å². The van der Waals surface area contributed by atoms with Crippen LogP contribution >= 0.6 is 0 Å². The van der Waals surface area contributed by atoms with Gasteiger partial charge in [-0.05, 0) is 66.6 Å². The van der Waals surface area contributed by atoms with Crippen LogP contribution in [-0.2, 0) is 0 Å². The maximum Gasteiger partial charge on any atom is -0.0176 e. The lowest BCUT2D eigenvalue weighted by Crippen LogP contribution is -2.58. The minimum atomic E-state index is 1.01. The second kappa shape index (κ2) is 0.963. The molecular formula is C11H14. The van der Waals surface area contributed by atoms with Crippen molar-refractivity contribution in [1.82, 2.24) is 0 Å². The lowest BCUT2D eigenvalue weighted by Gasteiger charge is -2.64. The fraction of sp³-hybridized carbons (Fsp3) is 1.00. The molecule has 0 aromatic carbocycles. The second-order valence-corrected chi connectivity index (χ2v) is 6.04. The van der Waals surface area contributed by atoms with E-state index >= 15 is 0 Å². The van der Waals surface area contributed by atoms with Crippen molar-refractivity contribution < 1.29 is 0 Å². The second-order valence-electron chi connectivity index (χ2n) is 6.04. The zero-order chi connectivity index (χ0) is 6.84. The van der Waals surface area contributed by atoms with Crippen molar-refractivity contribution in [2.24, 2.45) is 34.5 Å². The maximum atomic E-state index is 1.68. The molecule has 0 radical (unpaired) electrons. The van der Waals surface area contributed by atoms with E-state index in [1.807, 2.05) is 0 Å². The van der Waals surface area contributed by atoms with E-state index in [1.54, 1.807) is 32.1 Å². The molecule has 0 aromatic rings.